The molecular formula is C18H18N2O. The van der Waals surface area contributed by atoms with E-state index in [-0.39, 0.29) is 0 Å². The van der Waals surface area contributed by atoms with Crippen molar-refractivity contribution >= 4 is 16.5 Å². The zero-order valence-electron chi connectivity index (χ0n) is 12.0. The van der Waals surface area contributed by atoms with Crippen LogP contribution in [0.4, 0.5) is 5.69 Å². The van der Waals surface area contributed by atoms with Crippen LogP contribution in [0.5, 0.6) is 11.5 Å². The molecule has 0 aliphatic rings. The molecule has 0 atom stereocenters. The molecule has 0 fully saturated rings. The van der Waals surface area contributed by atoms with Crippen LogP contribution in [-0.2, 0) is 0 Å². The summed E-state index contributed by atoms with van der Waals surface area (Å²) in [4.78, 5) is 4.21. The Kier molecular flexibility index (Phi) is 4.01. The third-order valence-electron chi connectivity index (χ3n) is 3.25. The molecular weight excluding hydrogens is 260 g/mol. The molecule has 1 heterocycles. The molecule has 21 heavy (non-hydrogen) atoms. The van der Waals surface area contributed by atoms with Crippen LogP contribution < -0.4 is 10.1 Å². The van der Waals surface area contributed by atoms with Gasteiger partial charge in [-0.15, -0.1) is 0 Å². The molecule has 0 bridgehead atoms. The largest absolute Gasteiger partial charge is 0.456 e. The van der Waals surface area contributed by atoms with E-state index in [4.69, 9.17) is 4.74 Å². The number of rotatable bonds is 5. The van der Waals surface area contributed by atoms with Gasteiger partial charge in [0.15, 0.2) is 0 Å². The number of fused-ring (bicyclic) bond motifs is 1. The van der Waals surface area contributed by atoms with Crippen LogP contribution in [0.15, 0.2) is 60.9 Å². The summed E-state index contributed by atoms with van der Waals surface area (Å²) in [5.41, 5.74) is 0.982. The molecule has 0 aliphatic carbocycles. The van der Waals surface area contributed by atoms with Gasteiger partial charge in [0.2, 0.25) is 0 Å². The normalized spacial score (nSPS) is 10.5. The maximum absolute atomic E-state index is 5.90. The fraction of sp³-hybridized carbons (Fsp3) is 0.167. The molecule has 2 aromatic carbocycles. The van der Waals surface area contributed by atoms with Gasteiger partial charge in [0, 0.05) is 12.6 Å². The second-order valence-corrected chi connectivity index (χ2v) is 4.95. The lowest BCUT2D eigenvalue weighted by Crippen LogP contribution is -2.00. The average molecular weight is 278 g/mol. The molecule has 3 aromatic rings. The lowest BCUT2D eigenvalue weighted by molar-refractivity contribution is 0.481. The summed E-state index contributed by atoms with van der Waals surface area (Å²) in [5, 5.41) is 5.69. The molecule has 0 saturated carbocycles. The number of aromatic nitrogens is 1. The molecule has 106 valence electrons. The van der Waals surface area contributed by atoms with Crippen molar-refractivity contribution in [1.29, 1.82) is 0 Å². The number of hydrogen-bond acceptors (Lipinski definition) is 3. The minimum Gasteiger partial charge on any atom is -0.456 e. The van der Waals surface area contributed by atoms with E-state index in [0.717, 1.165) is 30.2 Å². The van der Waals surface area contributed by atoms with Crippen LogP contribution in [0.1, 0.15) is 13.3 Å². The summed E-state index contributed by atoms with van der Waals surface area (Å²) >= 11 is 0. The first-order valence-corrected chi connectivity index (χ1v) is 7.21. The first kappa shape index (κ1) is 13.4. The van der Waals surface area contributed by atoms with E-state index in [1.165, 1.54) is 10.8 Å². The van der Waals surface area contributed by atoms with Crippen LogP contribution in [0, 0.1) is 0 Å². The number of nitrogens with one attached hydrogen (secondary N) is 1. The van der Waals surface area contributed by atoms with Crippen molar-refractivity contribution in [2.24, 2.45) is 0 Å². The van der Waals surface area contributed by atoms with Crippen molar-refractivity contribution in [2.45, 2.75) is 13.3 Å². The molecule has 0 saturated heterocycles. The van der Waals surface area contributed by atoms with E-state index < -0.39 is 0 Å². The van der Waals surface area contributed by atoms with Gasteiger partial charge < -0.3 is 10.1 Å². The highest BCUT2D eigenvalue weighted by molar-refractivity contribution is 5.83. The summed E-state index contributed by atoms with van der Waals surface area (Å²) in [6.45, 7) is 3.07. The highest BCUT2D eigenvalue weighted by Crippen LogP contribution is 2.26. The Hall–Kier alpha value is -2.55. The topological polar surface area (TPSA) is 34.2 Å². The number of anilines is 1. The minimum absolute atomic E-state index is 0.742. The monoisotopic (exact) mass is 278 g/mol. The molecule has 0 radical (unpaired) electrons. The first-order valence-electron chi connectivity index (χ1n) is 7.21. The van der Waals surface area contributed by atoms with Crippen LogP contribution in [0.2, 0.25) is 0 Å². The lowest BCUT2D eigenvalue weighted by atomic mass is 10.1. The van der Waals surface area contributed by atoms with Gasteiger partial charge in [0.05, 0.1) is 18.1 Å². The number of ether oxygens (including phenoxy) is 1. The third kappa shape index (κ3) is 3.31. The number of nitrogens with zero attached hydrogens (tertiary/aromatic N) is 1. The molecule has 0 amide bonds. The van der Waals surface area contributed by atoms with Crippen molar-refractivity contribution in [3.63, 3.8) is 0 Å². The summed E-state index contributed by atoms with van der Waals surface area (Å²) < 4.78 is 5.90. The van der Waals surface area contributed by atoms with Gasteiger partial charge in [0.1, 0.15) is 11.5 Å². The Labute approximate surface area is 124 Å². The Bertz CT molecular complexity index is 740. The fourth-order valence-electron chi connectivity index (χ4n) is 2.21. The molecule has 0 unspecified atom stereocenters. The number of pyridine rings is 1. The van der Waals surface area contributed by atoms with Gasteiger partial charge in [-0.05, 0) is 29.3 Å². The Morgan fingerprint density at radius 1 is 0.952 bits per heavy atom. The smallest absolute Gasteiger partial charge is 0.147 e. The average Bonchev–Trinajstić information content (AvgIpc) is 2.53. The minimum atomic E-state index is 0.742. The first-order chi connectivity index (χ1) is 10.3. The summed E-state index contributed by atoms with van der Waals surface area (Å²) in [5.74, 6) is 1.56. The highest BCUT2D eigenvalue weighted by atomic mass is 16.5. The van der Waals surface area contributed by atoms with E-state index in [9.17, 15) is 0 Å². The van der Waals surface area contributed by atoms with Crippen molar-refractivity contribution in [3.05, 3.63) is 60.9 Å². The Morgan fingerprint density at radius 2 is 1.81 bits per heavy atom. The van der Waals surface area contributed by atoms with Crippen LogP contribution in [-0.4, -0.2) is 11.5 Å². The predicted molar refractivity (Wildman–Crippen MR) is 87.0 cm³/mol. The van der Waals surface area contributed by atoms with Crippen molar-refractivity contribution in [3.8, 4) is 11.5 Å². The standard InChI is InChI=1S/C18H18N2O/c1-2-9-20-16-11-18(13-19-12-16)21-17-8-7-14-5-3-4-6-15(14)10-17/h3-8,10-13,20H,2,9H2,1H3. The molecule has 1 N–H and O–H groups in total. The summed E-state index contributed by atoms with van der Waals surface area (Å²) in [7, 11) is 0. The summed E-state index contributed by atoms with van der Waals surface area (Å²) in [6.07, 6.45) is 4.62. The van der Waals surface area contributed by atoms with E-state index in [1.54, 1.807) is 6.20 Å². The van der Waals surface area contributed by atoms with E-state index in [2.05, 4.69) is 35.4 Å². The molecule has 3 heteroatoms. The van der Waals surface area contributed by atoms with Gasteiger partial charge in [-0.3, -0.25) is 4.98 Å². The quantitative estimate of drug-likeness (QED) is 0.724. The molecule has 1 aromatic heterocycles. The van der Waals surface area contributed by atoms with Crippen LogP contribution in [0.25, 0.3) is 10.8 Å². The van der Waals surface area contributed by atoms with E-state index in [0.29, 0.717) is 0 Å². The van der Waals surface area contributed by atoms with Gasteiger partial charge in [-0.25, -0.2) is 0 Å². The molecule has 0 aliphatic heterocycles. The Balaban J connectivity index is 1.81. The number of hydrogen-bond donors (Lipinski definition) is 1. The van der Waals surface area contributed by atoms with E-state index >= 15 is 0 Å². The molecule has 3 nitrogen and oxygen atoms in total. The second-order valence-electron chi connectivity index (χ2n) is 4.95. The third-order valence-corrected chi connectivity index (χ3v) is 3.25. The van der Waals surface area contributed by atoms with Crippen molar-refractivity contribution in [2.75, 3.05) is 11.9 Å². The maximum Gasteiger partial charge on any atom is 0.147 e. The number of benzene rings is 2. The fourth-order valence-corrected chi connectivity index (χ4v) is 2.21. The lowest BCUT2D eigenvalue weighted by Gasteiger charge is -2.09. The predicted octanol–water partition coefficient (Wildman–Crippen LogP) is 4.85. The molecule has 3 rings (SSSR count). The Morgan fingerprint density at radius 3 is 2.67 bits per heavy atom. The van der Waals surface area contributed by atoms with Gasteiger partial charge in [0.25, 0.3) is 0 Å². The SMILES string of the molecule is CCCNc1cncc(Oc2ccc3ccccc3c2)c1. The van der Waals surface area contributed by atoms with Crippen LogP contribution >= 0.6 is 0 Å². The zero-order valence-corrected chi connectivity index (χ0v) is 12.0. The van der Waals surface area contributed by atoms with Crippen LogP contribution in [0.3, 0.4) is 0 Å². The van der Waals surface area contributed by atoms with Crippen molar-refractivity contribution in [1.82, 2.24) is 4.98 Å². The molecule has 0 spiro atoms. The van der Waals surface area contributed by atoms with Gasteiger partial charge in [-0.2, -0.15) is 0 Å². The van der Waals surface area contributed by atoms with Gasteiger partial charge in [-0.1, -0.05) is 37.3 Å². The maximum atomic E-state index is 5.90. The second kappa shape index (κ2) is 6.27. The zero-order chi connectivity index (χ0) is 14.5. The van der Waals surface area contributed by atoms with E-state index in [1.807, 2.05) is 36.5 Å². The summed E-state index contributed by atoms with van der Waals surface area (Å²) in [6, 6.07) is 16.3. The van der Waals surface area contributed by atoms with Gasteiger partial charge >= 0.3 is 0 Å². The van der Waals surface area contributed by atoms with Crippen molar-refractivity contribution < 1.29 is 4.74 Å². The highest BCUT2D eigenvalue weighted by Gasteiger charge is 2.01.